The van der Waals surface area contributed by atoms with Crippen molar-refractivity contribution in [3.63, 3.8) is 0 Å². The summed E-state index contributed by atoms with van der Waals surface area (Å²) in [5.74, 6) is 1.11. The summed E-state index contributed by atoms with van der Waals surface area (Å²) in [5.41, 5.74) is 0.728. The molecule has 0 saturated heterocycles. The molecule has 1 heterocycles. The number of nitrogens with one attached hydrogen (secondary N) is 2. The molecule has 1 amide bonds. The van der Waals surface area contributed by atoms with Gasteiger partial charge in [-0.05, 0) is 36.4 Å². The van der Waals surface area contributed by atoms with Crippen LogP contribution in [0.1, 0.15) is 10.4 Å². The summed E-state index contributed by atoms with van der Waals surface area (Å²) in [6.07, 6.45) is 0. The lowest BCUT2D eigenvalue weighted by atomic mass is 10.1. The zero-order chi connectivity index (χ0) is 23.4. The van der Waals surface area contributed by atoms with E-state index in [1.54, 1.807) is 36.4 Å². The Balaban J connectivity index is 1.61. The van der Waals surface area contributed by atoms with Crippen LogP contribution in [0.25, 0.3) is 0 Å². The number of rotatable bonds is 7. The van der Waals surface area contributed by atoms with Crippen molar-refractivity contribution in [3.05, 3.63) is 66.2 Å². The molecule has 0 spiro atoms. The molecular weight excluding hydrogens is 448 g/mol. The van der Waals surface area contributed by atoms with Gasteiger partial charge in [-0.2, -0.15) is 0 Å². The molecule has 0 aliphatic carbocycles. The number of carbonyl (C=O) groups excluding carboxylic acids is 1. The van der Waals surface area contributed by atoms with Crippen LogP contribution in [0.3, 0.4) is 0 Å². The van der Waals surface area contributed by atoms with Gasteiger partial charge in [-0.3, -0.25) is 9.52 Å². The maximum absolute atomic E-state index is 13.1. The first-order valence-electron chi connectivity index (χ1n) is 9.96. The third-order valence-electron chi connectivity index (χ3n) is 4.88. The fourth-order valence-corrected chi connectivity index (χ4v) is 4.55. The predicted octanol–water partition coefficient (Wildman–Crippen LogP) is 3.53. The second-order valence-corrected chi connectivity index (χ2v) is 8.63. The number of carbonyl (C=O) groups is 1. The van der Waals surface area contributed by atoms with E-state index in [2.05, 4.69) is 10.0 Å². The molecule has 0 saturated carbocycles. The molecule has 0 aromatic heterocycles. The molecule has 0 atom stereocenters. The van der Waals surface area contributed by atoms with Crippen LogP contribution < -0.4 is 29.0 Å². The van der Waals surface area contributed by atoms with Crippen molar-refractivity contribution < 1.29 is 32.2 Å². The van der Waals surface area contributed by atoms with E-state index in [0.29, 0.717) is 36.1 Å². The number of hydrogen-bond donors (Lipinski definition) is 2. The lowest BCUT2D eigenvalue weighted by molar-refractivity contribution is 0.102. The van der Waals surface area contributed by atoms with Gasteiger partial charge in [-0.25, -0.2) is 8.42 Å². The fourth-order valence-electron chi connectivity index (χ4n) is 3.28. The normalized spacial score (nSPS) is 12.5. The van der Waals surface area contributed by atoms with Gasteiger partial charge in [0.05, 0.1) is 25.5 Å². The van der Waals surface area contributed by atoms with Gasteiger partial charge in [-0.15, -0.1) is 0 Å². The number of fused-ring (bicyclic) bond motifs is 1. The Kier molecular flexibility index (Phi) is 6.27. The number of methoxy groups -OCH3 is 2. The van der Waals surface area contributed by atoms with E-state index >= 15 is 0 Å². The number of benzene rings is 3. The van der Waals surface area contributed by atoms with E-state index in [0.717, 1.165) is 0 Å². The van der Waals surface area contributed by atoms with E-state index < -0.39 is 15.9 Å². The van der Waals surface area contributed by atoms with Gasteiger partial charge in [0.2, 0.25) is 0 Å². The summed E-state index contributed by atoms with van der Waals surface area (Å²) in [7, 11) is -1.30. The standard InChI is InChI=1S/C23H22N2O7S/c1-29-16-8-10-20(30-2)22(14-16)33(27,28)25-18-6-4-3-5-17(18)23(26)24-15-7-9-19-21(13-15)32-12-11-31-19/h3-10,13-14,25H,11-12H2,1-2H3,(H,24,26). The zero-order valence-corrected chi connectivity index (χ0v) is 18.8. The summed E-state index contributed by atoms with van der Waals surface area (Å²) < 4.78 is 50.1. The molecule has 10 heteroatoms. The molecule has 0 radical (unpaired) electrons. The quantitative estimate of drug-likeness (QED) is 0.543. The first kappa shape index (κ1) is 22.3. The minimum atomic E-state index is -4.10. The van der Waals surface area contributed by atoms with E-state index in [1.807, 2.05) is 0 Å². The molecule has 0 bridgehead atoms. The maximum atomic E-state index is 13.1. The minimum absolute atomic E-state index is 0.109. The smallest absolute Gasteiger partial charge is 0.265 e. The van der Waals surface area contributed by atoms with E-state index in [9.17, 15) is 13.2 Å². The molecule has 0 unspecified atom stereocenters. The topological polar surface area (TPSA) is 112 Å². The number of amides is 1. The summed E-state index contributed by atoms with van der Waals surface area (Å²) in [6, 6.07) is 15.8. The summed E-state index contributed by atoms with van der Waals surface area (Å²) >= 11 is 0. The van der Waals surface area contributed by atoms with Crippen LogP contribution in [0.2, 0.25) is 0 Å². The Morgan fingerprint density at radius 1 is 0.909 bits per heavy atom. The number of ether oxygens (including phenoxy) is 4. The van der Waals surface area contributed by atoms with Crippen LogP contribution in [0.4, 0.5) is 11.4 Å². The van der Waals surface area contributed by atoms with Gasteiger partial charge < -0.3 is 24.3 Å². The molecule has 3 aromatic carbocycles. The summed E-state index contributed by atoms with van der Waals surface area (Å²) in [5, 5.41) is 2.76. The first-order chi connectivity index (χ1) is 15.9. The highest BCUT2D eigenvalue weighted by atomic mass is 32.2. The molecule has 33 heavy (non-hydrogen) atoms. The number of para-hydroxylation sites is 1. The SMILES string of the molecule is COc1ccc(OC)c(S(=O)(=O)Nc2ccccc2C(=O)Nc2ccc3c(c2)OCCO3)c1. The Hall–Kier alpha value is -3.92. The van der Waals surface area contributed by atoms with Gasteiger partial charge in [-0.1, -0.05) is 12.1 Å². The first-order valence-corrected chi connectivity index (χ1v) is 11.4. The highest BCUT2D eigenvalue weighted by Gasteiger charge is 2.23. The number of anilines is 2. The van der Waals surface area contributed by atoms with E-state index in [1.165, 1.54) is 38.5 Å². The van der Waals surface area contributed by atoms with Crippen LogP contribution in [0.15, 0.2) is 65.6 Å². The van der Waals surface area contributed by atoms with Crippen LogP contribution >= 0.6 is 0 Å². The third-order valence-corrected chi connectivity index (χ3v) is 6.26. The van der Waals surface area contributed by atoms with Crippen LogP contribution in [-0.2, 0) is 10.0 Å². The van der Waals surface area contributed by atoms with Gasteiger partial charge >= 0.3 is 0 Å². The van der Waals surface area contributed by atoms with Crippen LogP contribution in [0, 0.1) is 0 Å². The van der Waals surface area contributed by atoms with Gasteiger partial charge in [0.1, 0.15) is 29.6 Å². The van der Waals surface area contributed by atoms with Crippen LogP contribution in [-0.4, -0.2) is 41.8 Å². The molecular formula is C23H22N2O7S. The Morgan fingerprint density at radius 2 is 1.67 bits per heavy atom. The molecule has 172 valence electrons. The van der Waals surface area contributed by atoms with E-state index in [-0.39, 0.29) is 21.9 Å². The Bertz CT molecular complexity index is 1290. The fraction of sp³-hybridized carbons (Fsp3) is 0.174. The lowest BCUT2D eigenvalue weighted by Crippen LogP contribution is -2.19. The molecule has 9 nitrogen and oxygen atoms in total. The lowest BCUT2D eigenvalue weighted by Gasteiger charge is -2.19. The average molecular weight is 471 g/mol. The molecule has 4 rings (SSSR count). The second kappa shape index (κ2) is 9.29. The monoisotopic (exact) mass is 470 g/mol. The molecule has 0 fully saturated rings. The van der Waals surface area contributed by atoms with Crippen LogP contribution in [0.5, 0.6) is 23.0 Å². The Morgan fingerprint density at radius 3 is 2.42 bits per heavy atom. The van der Waals surface area contributed by atoms with Crippen molar-refractivity contribution in [1.82, 2.24) is 0 Å². The second-order valence-electron chi connectivity index (χ2n) is 6.98. The highest BCUT2D eigenvalue weighted by Crippen LogP contribution is 2.33. The minimum Gasteiger partial charge on any atom is -0.497 e. The van der Waals surface area contributed by atoms with Crippen molar-refractivity contribution in [3.8, 4) is 23.0 Å². The largest absolute Gasteiger partial charge is 0.497 e. The number of sulfonamides is 1. The molecule has 3 aromatic rings. The van der Waals surface area contributed by atoms with Crippen molar-refractivity contribution >= 4 is 27.3 Å². The highest BCUT2D eigenvalue weighted by molar-refractivity contribution is 7.92. The average Bonchev–Trinajstić information content (AvgIpc) is 2.83. The molecule has 1 aliphatic heterocycles. The Labute approximate surface area is 191 Å². The summed E-state index contributed by atoms with van der Waals surface area (Å²) in [4.78, 5) is 12.9. The molecule has 1 aliphatic rings. The third kappa shape index (κ3) is 4.80. The predicted molar refractivity (Wildman–Crippen MR) is 122 cm³/mol. The van der Waals surface area contributed by atoms with Crippen molar-refractivity contribution in [1.29, 1.82) is 0 Å². The molecule has 2 N–H and O–H groups in total. The van der Waals surface area contributed by atoms with Gasteiger partial charge in [0, 0.05) is 17.8 Å². The zero-order valence-electron chi connectivity index (χ0n) is 18.0. The van der Waals surface area contributed by atoms with Gasteiger partial charge in [0.25, 0.3) is 15.9 Å². The maximum Gasteiger partial charge on any atom is 0.265 e. The summed E-state index contributed by atoms with van der Waals surface area (Å²) in [6.45, 7) is 0.882. The number of hydrogen-bond acceptors (Lipinski definition) is 7. The van der Waals surface area contributed by atoms with Gasteiger partial charge in [0.15, 0.2) is 11.5 Å². The van der Waals surface area contributed by atoms with Crippen molar-refractivity contribution in [2.24, 2.45) is 0 Å². The van der Waals surface area contributed by atoms with Crippen molar-refractivity contribution in [2.75, 3.05) is 37.5 Å². The van der Waals surface area contributed by atoms with Crippen molar-refractivity contribution in [2.45, 2.75) is 4.90 Å². The van der Waals surface area contributed by atoms with E-state index in [4.69, 9.17) is 18.9 Å².